The fourth-order valence-electron chi connectivity index (χ4n) is 4.28. The molecule has 0 unspecified atom stereocenters. The van der Waals surface area contributed by atoms with Gasteiger partial charge in [0.25, 0.3) is 5.91 Å². The number of aryl methyl sites for hydroxylation is 1. The molecule has 6 nitrogen and oxygen atoms in total. The third-order valence-electron chi connectivity index (χ3n) is 6.11. The summed E-state index contributed by atoms with van der Waals surface area (Å²) in [6, 6.07) is 20.5. The molecule has 2 heterocycles. The van der Waals surface area contributed by atoms with E-state index < -0.39 is 0 Å². The maximum atomic E-state index is 12.7. The fraction of sp³-hybridized carbons (Fsp3) is 0.214. The molecule has 2 N–H and O–H groups in total. The Morgan fingerprint density at radius 2 is 1.88 bits per heavy atom. The molecule has 0 atom stereocenters. The number of benzene rings is 2. The number of hydrogen-bond donors (Lipinski definition) is 2. The van der Waals surface area contributed by atoms with E-state index in [-0.39, 0.29) is 11.5 Å². The molecule has 0 bridgehead atoms. The summed E-state index contributed by atoms with van der Waals surface area (Å²) >= 11 is 0. The maximum Gasteiger partial charge on any atom is 0.261 e. The topological polar surface area (TPSA) is 76.9 Å². The van der Waals surface area contributed by atoms with Gasteiger partial charge < -0.3 is 19.8 Å². The van der Waals surface area contributed by atoms with Crippen molar-refractivity contribution in [3.63, 3.8) is 0 Å². The second kappa shape index (κ2) is 9.72. The zero-order chi connectivity index (χ0) is 24.2. The Hall–Kier alpha value is -4.24. The molecule has 0 saturated heterocycles. The number of anilines is 1. The van der Waals surface area contributed by atoms with Crippen molar-refractivity contribution in [3.05, 3.63) is 88.9 Å². The van der Waals surface area contributed by atoms with Crippen LogP contribution in [0.15, 0.2) is 66.4 Å². The number of H-pyrrole nitrogens is 1. The summed E-state index contributed by atoms with van der Waals surface area (Å²) in [5.41, 5.74) is 7.37. The van der Waals surface area contributed by atoms with Crippen LogP contribution >= 0.6 is 0 Å². The number of amides is 1. The van der Waals surface area contributed by atoms with Crippen LogP contribution in [0.4, 0.5) is 5.69 Å². The van der Waals surface area contributed by atoms with Crippen molar-refractivity contribution in [2.75, 3.05) is 25.5 Å². The lowest BCUT2D eigenvalue weighted by atomic mass is 10.1. The smallest absolute Gasteiger partial charge is 0.261 e. The summed E-state index contributed by atoms with van der Waals surface area (Å²) in [6.07, 6.45) is 4.33. The van der Waals surface area contributed by atoms with Crippen molar-refractivity contribution >= 4 is 28.6 Å². The molecule has 2 aromatic carbocycles. The number of carbonyl (C=O) groups excluding carboxylic acids is 1. The molecule has 34 heavy (non-hydrogen) atoms. The minimum absolute atomic E-state index is 0.0992. The molecule has 4 rings (SSSR count). The van der Waals surface area contributed by atoms with Crippen LogP contribution in [0.5, 0.6) is 0 Å². The molecule has 0 aliphatic heterocycles. The highest BCUT2D eigenvalue weighted by molar-refractivity contribution is 6.01. The van der Waals surface area contributed by atoms with Gasteiger partial charge in [0.1, 0.15) is 11.6 Å². The number of aromatic amines is 1. The molecule has 0 radical (unpaired) electrons. The zero-order valence-electron chi connectivity index (χ0n) is 20.0. The molecule has 0 spiro atoms. The lowest BCUT2D eigenvalue weighted by Gasteiger charge is -2.14. The second-order valence-corrected chi connectivity index (χ2v) is 8.61. The van der Waals surface area contributed by atoms with E-state index in [1.165, 1.54) is 0 Å². The third-order valence-corrected chi connectivity index (χ3v) is 6.11. The normalized spacial score (nSPS) is 11.4. The minimum atomic E-state index is -0.359. The molecule has 1 amide bonds. The molecule has 4 aromatic rings. The van der Waals surface area contributed by atoms with Crippen LogP contribution < -0.4 is 10.2 Å². The quantitative estimate of drug-likeness (QED) is 0.310. The summed E-state index contributed by atoms with van der Waals surface area (Å²) in [5, 5.41) is 13.7. The summed E-state index contributed by atoms with van der Waals surface area (Å²) in [4.78, 5) is 18.0. The maximum absolute atomic E-state index is 12.7. The first kappa shape index (κ1) is 22.9. The Labute approximate surface area is 200 Å². The van der Waals surface area contributed by atoms with Gasteiger partial charge in [-0.2, -0.15) is 5.26 Å². The lowest BCUT2D eigenvalue weighted by molar-refractivity contribution is -0.117. The van der Waals surface area contributed by atoms with E-state index >= 15 is 0 Å². The Balaban J connectivity index is 1.49. The fourth-order valence-corrected chi connectivity index (χ4v) is 4.28. The third kappa shape index (κ3) is 4.60. The molecular weight excluding hydrogens is 422 g/mol. The number of aromatic nitrogens is 2. The first-order valence-electron chi connectivity index (χ1n) is 11.3. The molecule has 6 heteroatoms. The van der Waals surface area contributed by atoms with Crippen LogP contribution in [0.3, 0.4) is 0 Å². The van der Waals surface area contributed by atoms with Crippen LogP contribution in [-0.4, -0.2) is 36.1 Å². The lowest BCUT2D eigenvalue weighted by Crippen LogP contribution is -2.26. The number of carbonyl (C=O) groups is 1. The highest BCUT2D eigenvalue weighted by Crippen LogP contribution is 2.24. The average Bonchev–Trinajstić information content (AvgIpc) is 3.37. The van der Waals surface area contributed by atoms with Gasteiger partial charge in [-0.1, -0.05) is 18.2 Å². The van der Waals surface area contributed by atoms with Gasteiger partial charge in [-0.3, -0.25) is 4.79 Å². The number of nitrogens with one attached hydrogen (secondary N) is 2. The predicted molar refractivity (Wildman–Crippen MR) is 138 cm³/mol. The van der Waals surface area contributed by atoms with Gasteiger partial charge in [-0.25, -0.2) is 0 Å². The van der Waals surface area contributed by atoms with E-state index in [9.17, 15) is 10.1 Å². The Morgan fingerprint density at radius 1 is 1.15 bits per heavy atom. The second-order valence-electron chi connectivity index (χ2n) is 8.61. The molecule has 0 aliphatic carbocycles. The number of nitriles is 1. The number of para-hydroxylation sites is 1. The number of nitrogens with zero attached hydrogens (tertiary/aromatic N) is 3. The van der Waals surface area contributed by atoms with Crippen molar-refractivity contribution in [1.29, 1.82) is 5.26 Å². The SMILES string of the molecule is Cc1cc(/C=C(/C#N)C(=O)NCCc2c[nH]c3ccccc23)c(C)n1-c1ccc(N(C)C)cc1. The Bertz CT molecular complexity index is 1400. The summed E-state index contributed by atoms with van der Waals surface area (Å²) in [6.45, 7) is 4.48. The molecule has 0 fully saturated rings. The van der Waals surface area contributed by atoms with Crippen LogP contribution in [-0.2, 0) is 11.2 Å². The molecule has 172 valence electrons. The summed E-state index contributed by atoms with van der Waals surface area (Å²) in [5.74, 6) is -0.359. The molecule has 0 saturated carbocycles. The van der Waals surface area contributed by atoms with Gasteiger partial charge in [-0.05, 0) is 73.9 Å². The highest BCUT2D eigenvalue weighted by Gasteiger charge is 2.14. The van der Waals surface area contributed by atoms with Crippen LogP contribution in [0, 0.1) is 25.2 Å². The molecule has 0 aliphatic rings. The van der Waals surface area contributed by atoms with Gasteiger partial charge in [0.2, 0.25) is 0 Å². The summed E-state index contributed by atoms with van der Waals surface area (Å²) < 4.78 is 2.13. The monoisotopic (exact) mass is 451 g/mol. The Kier molecular flexibility index (Phi) is 6.55. The van der Waals surface area contributed by atoms with E-state index in [1.807, 2.05) is 58.4 Å². The highest BCUT2D eigenvalue weighted by atomic mass is 16.1. The first-order chi connectivity index (χ1) is 16.4. The predicted octanol–water partition coefficient (Wildman–Crippen LogP) is 4.91. The minimum Gasteiger partial charge on any atom is -0.378 e. The first-order valence-corrected chi connectivity index (χ1v) is 11.3. The van der Waals surface area contributed by atoms with Crippen molar-refractivity contribution in [1.82, 2.24) is 14.9 Å². The molecular formula is C28H29N5O. The number of hydrogen-bond acceptors (Lipinski definition) is 3. The van der Waals surface area contributed by atoms with Gasteiger partial charge in [0, 0.05) is 60.5 Å². The van der Waals surface area contributed by atoms with Gasteiger partial charge in [0.05, 0.1) is 0 Å². The van der Waals surface area contributed by atoms with Crippen molar-refractivity contribution in [2.45, 2.75) is 20.3 Å². The summed E-state index contributed by atoms with van der Waals surface area (Å²) in [7, 11) is 4.03. The van der Waals surface area contributed by atoms with E-state index in [4.69, 9.17) is 0 Å². The van der Waals surface area contributed by atoms with Crippen LogP contribution in [0.2, 0.25) is 0 Å². The van der Waals surface area contributed by atoms with Crippen molar-refractivity contribution in [3.8, 4) is 11.8 Å². The van der Waals surface area contributed by atoms with E-state index in [1.54, 1.807) is 6.08 Å². The van der Waals surface area contributed by atoms with E-state index in [0.29, 0.717) is 13.0 Å². The van der Waals surface area contributed by atoms with Crippen molar-refractivity contribution in [2.24, 2.45) is 0 Å². The van der Waals surface area contributed by atoms with Gasteiger partial charge in [-0.15, -0.1) is 0 Å². The largest absolute Gasteiger partial charge is 0.378 e. The van der Waals surface area contributed by atoms with Crippen LogP contribution in [0.25, 0.3) is 22.7 Å². The van der Waals surface area contributed by atoms with Crippen molar-refractivity contribution < 1.29 is 4.79 Å². The van der Waals surface area contributed by atoms with Gasteiger partial charge in [0.15, 0.2) is 0 Å². The Morgan fingerprint density at radius 3 is 2.59 bits per heavy atom. The number of rotatable bonds is 7. The van der Waals surface area contributed by atoms with E-state index in [2.05, 4.69) is 56.2 Å². The average molecular weight is 452 g/mol. The number of fused-ring (bicyclic) bond motifs is 1. The van der Waals surface area contributed by atoms with E-state index in [0.717, 1.165) is 44.8 Å². The molecule has 2 aromatic heterocycles. The zero-order valence-corrected chi connectivity index (χ0v) is 20.0. The van der Waals surface area contributed by atoms with Gasteiger partial charge >= 0.3 is 0 Å². The standard InChI is InChI=1S/C28H29N5O/c1-19-15-22(20(2)33(19)25-11-9-24(10-12-25)32(3)4)16-23(17-29)28(34)30-14-13-21-18-31-27-8-6-5-7-26(21)27/h5-12,15-16,18,31H,13-14H2,1-4H3,(H,30,34)/b23-16-. The van der Waals surface area contributed by atoms with Crippen LogP contribution in [0.1, 0.15) is 22.5 Å².